The molecular weight excluding hydrogens is 184 g/mol. The molecule has 1 aliphatic carbocycles. The molecule has 1 nitrogen and oxygen atoms in total. The second kappa shape index (κ2) is 6.30. The van der Waals surface area contributed by atoms with Gasteiger partial charge in [0, 0.05) is 12.3 Å². The third kappa shape index (κ3) is 5.34. The standard InChI is InChI=1S/C14H26O/c1-4-5-6-13(10-12-7-8-12)14(15)9-11(2)3/h11-13H,4-10H2,1-3H3. The molecule has 0 aliphatic heterocycles. The van der Waals surface area contributed by atoms with Crippen molar-refractivity contribution in [3.8, 4) is 0 Å². The lowest BCUT2D eigenvalue weighted by atomic mass is 9.88. The van der Waals surface area contributed by atoms with Crippen LogP contribution in [-0.4, -0.2) is 5.78 Å². The molecule has 1 fully saturated rings. The molecule has 0 saturated heterocycles. The van der Waals surface area contributed by atoms with E-state index in [9.17, 15) is 4.79 Å². The number of unbranched alkanes of at least 4 members (excludes halogenated alkanes) is 1. The molecule has 0 amide bonds. The van der Waals surface area contributed by atoms with Crippen LogP contribution in [0.3, 0.4) is 0 Å². The zero-order chi connectivity index (χ0) is 11.3. The molecule has 0 bridgehead atoms. The van der Waals surface area contributed by atoms with E-state index in [0.717, 1.165) is 18.8 Å². The van der Waals surface area contributed by atoms with Gasteiger partial charge in [0.2, 0.25) is 0 Å². The number of carbonyl (C=O) groups excluding carboxylic acids is 1. The normalized spacial score (nSPS) is 18.1. The highest BCUT2D eigenvalue weighted by Gasteiger charge is 2.28. The highest BCUT2D eigenvalue weighted by Crippen LogP contribution is 2.37. The maximum absolute atomic E-state index is 12.0. The number of hydrogen-bond acceptors (Lipinski definition) is 1. The highest BCUT2D eigenvalue weighted by atomic mass is 16.1. The van der Waals surface area contributed by atoms with Crippen LogP contribution in [-0.2, 0) is 4.79 Å². The number of hydrogen-bond donors (Lipinski definition) is 0. The van der Waals surface area contributed by atoms with Gasteiger partial charge in [0.05, 0.1) is 0 Å². The molecule has 15 heavy (non-hydrogen) atoms. The summed E-state index contributed by atoms with van der Waals surface area (Å²) in [6, 6.07) is 0. The number of Topliss-reactive ketones (excluding diaryl/α,β-unsaturated/α-hetero) is 1. The fraction of sp³-hybridized carbons (Fsp3) is 0.929. The van der Waals surface area contributed by atoms with E-state index >= 15 is 0 Å². The first-order chi connectivity index (χ1) is 7.13. The molecule has 0 aromatic heterocycles. The van der Waals surface area contributed by atoms with Crippen molar-refractivity contribution in [1.29, 1.82) is 0 Å². The summed E-state index contributed by atoms with van der Waals surface area (Å²) in [6.45, 7) is 6.50. The van der Waals surface area contributed by atoms with E-state index in [1.807, 2.05) is 0 Å². The van der Waals surface area contributed by atoms with Crippen LogP contribution in [0.1, 0.15) is 65.7 Å². The first kappa shape index (κ1) is 12.7. The Morgan fingerprint density at radius 3 is 2.47 bits per heavy atom. The van der Waals surface area contributed by atoms with Gasteiger partial charge in [-0.05, 0) is 24.7 Å². The van der Waals surface area contributed by atoms with Crippen molar-refractivity contribution in [3.63, 3.8) is 0 Å². The van der Waals surface area contributed by atoms with Crippen molar-refractivity contribution in [3.05, 3.63) is 0 Å². The molecule has 1 unspecified atom stereocenters. The van der Waals surface area contributed by atoms with E-state index in [2.05, 4.69) is 20.8 Å². The summed E-state index contributed by atoms with van der Waals surface area (Å²) in [4.78, 5) is 12.0. The first-order valence-corrected chi connectivity index (χ1v) is 6.66. The predicted octanol–water partition coefficient (Wildman–Crippen LogP) is 4.21. The number of carbonyl (C=O) groups is 1. The van der Waals surface area contributed by atoms with Gasteiger partial charge < -0.3 is 0 Å². The van der Waals surface area contributed by atoms with Gasteiger partial charge in [0.1, 0.15) is 5.78 Å². The van der Waals surface area contributed by atoms with Crippen molar-refractivity contribution in [2.24, 2.45) is 17.8 Å². The van der Waals surface area contributed by atoms with Gasteiger partial charge in [-0.15, -0.1) is 0 Å². The maximum atomic E-state index is 12.0. The van der Waals surface area contributed by atoms with Gasteiger partial charge in [0.25, 0.3) is 0 Å². The summed E-state index contributed by atoms with van der Waals surface area (Å²) in [5.41, 5.74) is 0. The third-order valence-corrected chi connectivity index (χ3v) is 3.29. The minimum atomic E-state index is 0.389. The van der Waals surface area contributed by atoms with Crippen molar-refractivity contribution in [2.75, 3.05) is 0 Å². The zero-order valence-electron chi connectivity index (χ0n) is 10.6. The van der Waals surface area contributed by atoms with Crippen molar-refractivity contribution >= 4 is 5.78 Å². The first-order valence-electron chi connectivity index (χ1n) is 6.66. The molecule has 0 aromatic rings. The quantitative estimate of drug-likeness (QED) is 0.586. The fourth-order valence-corrected chi connectivity index (χ4v) is 2.19. The average molecular weight is 210 g/mol. The van der Waals surface area contributed by atoms with Gasteiger partial charge in [-0.3, -0.25) is 4.79 Å². The van der Waals surface area contributed by atoms with E-state index in [1.54, 1.807) is 0 Å². The Morgan fingerprint density at radius 2 is 2.00 bits per heavy atom. The molecule has 0 aromatic carbocycles. The largest absolute Gasteiger partial charge is 0.299 e. The van der Waals surface area contributed by atoms with E-state index < -0.39 is 0 Å². The second-order valence-electron chi connectivity index (χ2n) is 5.58. The number of rotatable bonds is 8. The van der Waals surface area contributed by atoms with Gasteiger partial charge in [-0.25, -0.2) is 0 Å². The molecule has 1 heteroatoms. The van der Waals surface area contributed by atoms with Gasteiger partial charge >= 0.3 is 0 Å². The summed E-state index contributed by atoms with van der Waals surface area (Å²) < 4.78 is 0. The number of ketones is 1. The Bertz CT molecular complexity index is 192. The minimum Gasteiger partial charge on any atom is -0.299 e. The summed E-state index contributed by atoms with van der Waals surface area (Å²) in [5, 5.41) is 0. The molecule has 0 N–H and O–H groups in total. The van der Waals surface area contributed by atoms with E-state index in [-0.39, 0.29) is 0 Å². The van der Waals surface area contributed by atoms with E-state index in [4.69, 9.17) is 0 Å². The van der Waals surface area contributed by atoms with Crippen molar-refractivity contribution in [2.45, 2.75) is 65.7 Å². The summed E-state index contributed by atoms with van der Waals surface area (Å²) in [6.07, 6.45) is 8.30. The smallest absolute Gasteiger partial charge is 0.136 e. The van der Waals surface area contributed by atoms with Crippen LogP contribution in [0.2, 0.25) is 0 Å². The Balaban J connectivity index is 2.34. The molecule has 1 aliphatic rings. The molecule has 0 spiro atoms. The molecular formula is C14H26O. The Hall–Kier alpha value is -0.330. The zero-order valence-corrected chi connectivity index (χ0v) is 10.6. The Kier molecular flexibility index (Phi) is 5.35. The van der Waals surface area contributed by atoms with Gasteiger partial charge in [0.15, 0.2) is 0 Å². The lowest BCUT2D eigenvalue weighted by molar-refractivity contribution is -0.124. The summed E-state index contributed by atoms with van der Waals surface area (Å²) in [7, 11) is 0. The van der Waals surface area contributed by atoms with E-state index in [0.29, 0.717) is 17.6 Å². The average Bonchev–Trinajstić information content (AvgIpc) is 2.94. The molecule has 1 atom stereocenters. The third-order valence-electron chi connectivity index (χ3n) is 3.29. The monoisotopic (exact) mass is 210 g/mol. The van der Waals surface area contributed by atoms with Crippen LogP contribution in [0.5, 0.6) is 0 Å². The molecule has 88 valence electrons. The fourth-order valence-electron chi connectivity index (χ4n) is 2.19. The van der Waals surface area contributed by atoms with Gasteiger partial charge in [-0.1, -0.05) is 46.5 Å². The highest BCUT2D eigenvalue weighted by molar-refractivity contribution is 5.81. The lowest BCUT2D eigenvalue weighted by Crippen LogP contribution is -2.17. The van der Waals surface area contributed by atoms with Gasteiger partial charge in [-0.2, -0.15) is 0 Å². The summed E-state index contributed by atoms with van der Waals surface area (Å²) >= 11 is 0. The molecule has 1 saturated carbocycles. The SMILES string of the molecule is CCCCC(CC1CC1)C(=O)CC(C)C. The van der Waals surface area contributed by atoms with Crippen LogP contribution in [0.25, 0.3) is 0 Å². The van der Waals surface area contributed by atoms with Crippen LogP contribution >= 0.6 is 0 Å². The molecule has 0 radical (unpaired) electrons. The second-order valence-corrected chi connectivity index (χ2v) is 5.58. The van der Waals surface area contributed by atoms with Crippen molar-refractivity contribution in [1.82, 2.24) is 0 Å². The summed E-state index contributed by atoms with van der Waals surface area (Å²) in [5.74, 6) is 2.34. The predicted molar refractivity (Wildman–Crippen MR) is 64.8 cm³/mol. The van der Waals surface area contributed by atoms with Crippen molar-refractivity contribution < 1.29 is 4.79 Å². The van der Waals surface area contributed by atoms with Crippen LogP contribution in [0.15, 0.2) is 0 Å². The maximum Gasteiger partial charge on any atom is 0.136 e. The Morgan fingerprint density at radius 1 is 1.33 bits per heavy atom. The van der Waals surface area contributed by atoms with E-state index in [1.165, 1.54) is 32.1 Å². The molecule has 0 heterocycles. The Labute approximate surface area is 94.6 Å². The van der Waals surface area contributed by atoms with Crippen LogP contribution in [0.4, 0.5) is 0 Å². The van der Waals surface area contributed by atoms with Crippen LogP contribution < -0.4 is 0 Å². The van der Waals surface area contributed by atoms with Crippen LogP contribution in [0, 0.1) is 17.8 Å². The molecule has 1 rings (SSSR count). The topological polar surface area (TPSA) is 17.1 Å². The minimum absolute atomic E-state index is 0.389. The lowest BCUT2D eigenvalue weighted by Gasteiger charge is -2.16.